The highest BCUT2D eigenvalue weighted by atomic mass is 35.5. The molecule has 0 spiro atoms. The third kappa shape index (κ3) is 2.84. The minimum Gasteiger partial charge on any atom is -0.374 e. The van der Waals surface area contributed by atoms with Crippen LogP contribution in [0.3, 0.4) is 0 Å². The second kappa shape index (κ2) is 4.85. The van der Waals surface area contributed by atoms with Gasteiger partial charge in [-0.1, -0.05) is 17.7 Å². The topological polar surface area (TPSA) is 52.4 Å². The predicted molar refractivity (Wildman–Crippen MR) is 66.1 cm³/mol. The molecule has 0 saturated carbocycles. The smallest absolute Gasteiger partial charge is 0.271 e. The lowest BCUT2D eigenvalue weighted by molar-refractivity contribution is -0.384. The first kappa shape index (κ1) is 12.1. The van der Waals surface area contributed by atoms with Crippen molar-refractivity contribution in [2.45, 2.75) is 19.4 Å². The minimum atomic E-state index is -0.432. The van der Waals surface area contributed by atoms with Gasteiger partial charge in [-0.3, -0.25) is 10.1 Å². The van der Waals surface area contributed by atoms with Crippen LogP contribution in [0.2, 0.25) is 5.02 Å². The normalized spacial score (nSPS) is 19.9. The van der Waals surface area contributed by atoms with Gasteiger partial charge in [-0.25, -0.2) is 0 Å². The first-order valence-corrected chi connectivity index (χ1v) is 5.72. The molecular weight excluding hydrogens is 242 g/mol. The van der Waals surface area contributed by atoms with E-state index in [1.165, 1.54) is 6.07 Å². The number of hydrogen-bond acceptors (Lipinski definition) is 3. The van der Waals surface area contributed by atoms with Crippen molar-refractivity contribution in [2.75, 3.05) is 6.61 Å². The Morgan fingerprint density at radius 3 is 2.88 bits per heavy atom. The van der Waals surface area contributed by atoms with E-state index in [9.17, 15) is 10.1 Å². The van der Waals surface area contributed by atoms with Gasteiger partial charge in [-0.2, -0.15) is 0 Å². The van der Waals surface area contributed by atoms with Crippen molar-refractivity contribution in [3.05, 3.63) is 45.0 Å². The van der Waals surface area contributed by atoms with E-state index in [-0.39, 0.29) is 11.8 Å². The van der Waals surface area contributed by atoms with Crippen molar-refractivity contribution in [3.8, 4) is 0 Å². The summed E-state index contributed by atoms with van der Waals surface area (Å²) in [5.41, 5.74) is 1.88. The lowest BCUT2D eigenvalue weighted by atomic mass is 9.99. The molecule has 1 atom stereocenters. The number of rotatable bonds is 2. The molecule has 0 aromatic heterocycles. The molecular formula is C12H12ClNO3. The zero-order chi connectivity index (χ0) is 12.4. The zero-order valence-corrected chi connectivity index (χ0v) is 10.1. The van der Waals surface area contributed by atoms with E-state index in [2.05, 4.69) is 0 Å². The number of nitro benzene ring substituents is 1. The number of benzene rings is 1. The molecule has 1 aliphatic rings. The largest absolute Gasteiger partial charge is 0.374 e. The predicted octanol–water partition coefficient (Wildman–Crippen LogP) is 3.44. The Kier molecular flexibility index (Phi) is 3.45. The molecule has 1 heterocycles. The van der Waals surface area contributed by atoms with Gasteiger partial charge >= 0.3 is 0 Å². The van der Waals surface area contributed by atoms with Crippen LogP contribution in [0.4, 0.5) is 5.69 Å². The van der Waals surface area contributed by atoms with Gasteiger partial charge in [-0.15, -0.1) is 0 Å². The van der Waals surface area contributed by atoms with Crippen molar-refractivity contribution in [2.24, 2.45) is 0 Å². The van der Waals surface area contributed by atoms with Gasteiger partial charge in [0, 0.05) is 17.2 Å². The highest BCUT2D eigenvalue weighted by Gasteiger charge is 2.15. The van der Waals surface area contributed by atoms with E-state index in [1.54, 1.807) is 12.1 Å². The molecule has 0 radical (unpaired) electrons. The van der Waals surface area contributed by atoms with E-state index in [0.717, 1.165) is 17.6 Å². The SMILES string of the molecule is CC1C=C(c2cc(Cl)cc([N+](=O)[O-])c2)CCO1. The third-order valence-electron chi connectivity index (χ3n) is 2.65. The molecule has 4 nitrogen and oxygen atoms in total. The standard InChI is InChI=1S/C12H12ClNO3/c1-8-4-9(2-3-17-8)10-5-11(13)7-12(6-10)14(15)16/h4-8H,2-3H2,1H3. The molecule has 1 aromatic carbocycles. The van der Waals surface area contributed by atoms with Gasteiger partial charge in [-0.05, 0) is 30.5 Å². The van der Waals surface area contributed by atoms with Gasteiger partial charge in [0.25, 0.3) is 5.69 Å². The lowest BCUT2D eigenvalue weighted by Crippen LogP contribution is -2.12. The Labute approximate surface area is 104 Å². The summed E-state index contributed by atoms with van der Waals surface area (Å²) in [5, 5.41) is 11.1. The minimum absolute atomic E-state index is 0.0209. The Morgan fingerprint density at radius 2 is 2.24 bits per heavy atom. The van der Waals surface area contributed by atoms with Gasteiger partial charge in [0.15, 0.2) is 0 Å². The molecule has 0 fully saturated rings. The maximum Gasteiger partial charge on any atom is 0.271 e. The van der Waals surface area contributed by atoms with Crippen LogP contribution in [-0.2, 0) is 4.74 Å². The molecule has 1 unspecified atom stereocenters. The maximum absolute atomic E-state index is 10.8. The average Bonchev–Trinajstić information content (AvgIpc) is 2.28. The number of non-ortho nitro benzene ring substituents is 1. The van der Waals surface area contributed by atoms with Gasteiger partial charge in [0.05, 0.1) is 17.6 Å². The Morgan fingerprint density at radius 1 is 1.47 bits per heavy atom. The molecule has 2 rings (SSSR count). The van der Waals surface area contributed by atoms with Gasteiger partial charge in [0.1, 0.15) is 0 Å². The first-order chi connectivity index (χ1) is 8.06. The van der Waals surface area contributed by atoms with E-state index >= 15 is 0 Å². The van der Waals surface area contributed by atoms with Crippen LogP contribution in [0.25, 0.3) is 5.57 Å². The van der Waals surface area contributed by atoms with Crippen molar-refractivity contribution >= 4 is 22.9 Å². The second-order valence-corrected chi connectivity index (χ2v) is 4.41. The number of ether oxygens (including phenoxy) is 1. The Bertz CT molecular complexity index is 485. The van der Waals surface area contributed by atoms with Crippen LogP contribution in [0.1, 0.15) is 18.9 Å². The lowest BCUT2D eigenvalue weighted by Gasteiger charge is -2.19. The van der Waals surface area contributed by atoms with Crippen LogP contribution >= 0.6 is 11.6 Å². The van der Waals surface area contributed by atoms with Crippen molar-refractivity contribution in [1.29, 1.82) is 0 Å². The van der Waals surface area contributed by atoms with E-state index in [4.69, 9.17) is 16.3 Å². The summed E-state index contributed by atoms with van der Waals surface area (Å²) in [6.45, 7) is 2.57. The summed E-state index contributed by atoms with van der Waals surface area (Å²) in [7, 11) is 0. The summed E-state index contributed by atoms with van der Waals surface area (Å²) in [5.74, 6) is 0. The molecule has 1 aliphatic heterocycles. The molecule has 1 aromatic rings. The van der Waals surface area contributed by atoms with Crippen LogP contribution in [-0.4, -0.2) is 17.6 Å². The number of halogens is 1. The van der Waals surface area contributed by atoms with Crippen LogP contribution < -0.4 is 0 Å². The third-order valence-corrected chi connectivity index (χ3v) is 2.87. The van der Waals surface area contributed by atoms with Crippen molar-refractivity contribution in [3.63, 3.8) is 0 Å². The summed E-state index contributed by atoms with van der Waals surface area (Å²) in [6, 6.07) is 4.66. The summed E-state index contributed by atoms with van der Waals surface area (Å²) in [6.07, 6.45) is 2.76. The highest BCUT2D eigenvalue weighted by molar-refractivity contribution is 6.31. The number of nitro groups is 1. The highest BCUT2D eigenvalue weighted by Crippen LogP contribution is 2.29. The molecule has 0 saturated heterocycles. The Balaban J connectivity index is 2.41. The zero-order valence-electron chi connectivity index (χ0n) is 9.35. The molecule has 5 heteroatoms. The molecule has 17 heavy (non-hydrogen) atoms. The second-order valence-electron chi connectivity index (χ2n) is 3.97. The van der Waals surface area contributed by atoms with Crippen LogP contribution in [0.15, 0.2) is 24.3 Å². The van der Waals surface area contributed by atoms with E-state index in [0.29, 0.717) is 11.6 Å². The fraction of sp³-hybridized carbons (Fsp3) is 0.333. The van der Waals surface area contributed by atoms with Crippen LogP contribution in [0, 0.1) is 10.1 Å². The maximum atomic E-state index is 10.8. The molecule has 0 aliphatic carbocycles. The summed E-state index contributed by atoms with van der Waals surface area (Å²) in [4.78, 5) is 10.3. The fourth-order valence-corrected chi connectivity index (χ4v) is 2.10. The van der Waals surface area contributed by atoms with Gasteiger partial charge in [0.2, 0.25) is 0 Å². The fourth-order valence-electron chi connectivity index (χ4n) is 1.88. The number of hydrogen-bond donors (Lipinski definition) is 0. The summed E-state index contributed by atoms with van der Waals surface area (Å²) >= 11 is 5.89. The van der Waals surface area contributed by atoms with Crippen molar-refractivity contribution in [1.82, 2.24) is 0 Å². The molecule has 90 valence electrons. The van der Waals surface area contributed by atoms with Crippen LogP contribution in [0.5, 0.6) is 0 Å². The van der Waals surface area contributed by atoms with Gasteiger partial charge < -0.3 is 4.74 Å². The van der Waals surface area contributed by atoms with E-state index < -0.39 is 4.92 Å². The first-order valence-electron chi connectivity index (χ1n) is 5.34. The van der Waals surface area contributed by atoms with Crippen molar-refractivity contribution < 1.29 is 9.66 Å². The number of nitrogens with zero attached hydrogens (tertiary/aromatic N) is 1. The Hall–Kier alpha value is -1.39. The molecule has 0 N–H and O–H groups in total. The average molecular weight is 254 g/mol. The summed E-state index contributed by atoms with van der Waals surface area (Å²) < 4.78 is 5.39. The monoisotopic (exact) mass is 253 g/mol. The van der Waals surface area contributed by atoms with E-state index in [1.807, 2.05) is 13.0 Å². The molecule has 0 amide bonds. The quantitative estimate of drug-likeness (QED) is 0.599. The molecule has 0 bridgehead atoms.